The second-order valence-electron chi connectivity index (χ2n) is 6.01. The van der Waals surface area contributed by atoms with Crippen molar-refractivity contribution in [1.82, 2.24) is 10.3 Å². The number of benzene rings is 1. The van der Waals surface area contributed by atoms with Crippen LogP contribution in [-0.2, 0) is 4.79 Å². The largest absolute Gasteiger partial charge is 0.497 e. The number of rotatable bonds is 6. The maximum absolute atomic E-state index is 12.7. The molecule has 3 rings (SSSR count). The van der Waals surface area contributed by atoms with Crippen LogP contribution in [-0.4, -0.2) is 29.9 Å². The summed E-state index contributed by atoms with van der Waals surface area (Å²) in [5, 5.41) is 7.95. The standard InChI is InChI=1S/C18H19N3O3S2/c1-10(2)15(20-16(22)13-5-4-8-25-13)17(23)21-18-19-12-7-6-11(24-3)9-14(12)26-18/h4-10,15H,1-3H3,(H,20,22)(H,19,21,23)/t15-/m0/s1. The molecule has 26 heavy (non-hydrogen) atoms. The highest BCUT2D eigenvalue weighted by Crippen LogP contribution is 2.29. The van der Waals surface area contributed by atoms with Crippen molar-refractivity contribution in [2.45, 2.75) is 19.9 Å². The first-order valence-corrected chi connectivity index (χ1v) is 9.77. The number of hydrogen-bond donors (Lipinski definition) is 2. The smallest absolute Gasteiger partial charge is 0.262 e. The number of carbonyl (C=O) groups excluding carboxylic acids is 2. The maximum atomic E-state index is 12.7. The van der Waals surface area contributed by atoms with Gasteiger partial charge in [0.05, 0.1) is 22.2 Å². The van der Waals surface area contributed by atoms with E-state index in [-0.39, 0.29) is 17.7 Å². The topological polar surface area (TPSA) is 80.3 Å². The molecule has 2 heterocycles. The van der Waals surface area contributed by atoms with Crippen LogP contribution in [0.4, 0.5) is 5.13 Å². The van der Waals surface area contributed by atoms with Gasteiger partial charge in [0.2, 0.25) is 5.91 Å². The number of fused-ring (bicyclic) bond motifs is 1. The molecule has 0 bridgehead atoms. The Kier molecular flexibility index (Phi) is 5.53. The summed E-state index contributed by atoms with van der Waals surface area (Å²) in [6.07, 6.45) is 0. The summed E-state index contributed by atoms with van der Waals surface area (Å²) in [7, 11) is 1.61. The predicted molar refractivity (Wildman–Crippen MR) is 105 cm³/mol. The summed E-state index contributed by atoms with van der Waals surface area (Å²) in [6, 6.07) is 8.44. The second-order valence-corrected chi connectivity index (χ2v) is 7.99. The predicted octanol–water partition coefficient (Wildman–Crippen LogP) is 3.76. The van der Waals surface area contributed by atoms with E-state index in [0.717, 1.165) is 16.0 Å². The zero-order valence-corrected chi connectivity index (χ0v) is 16.2. The quantitative estimate of drug-likeness (QED) is 0.673. The van der Waals surface area contributed by atoms with E-state index in [9.17, 15) is 9.59 Å². The van der Waals surface area contributed by atoms with Crippen molar-refractivity contribution in [3.8, 4) is 5.75 Å². The van der Waals surface area contributed by atoms with Gasteiger partial charge in [-0.05, 0) is 35.6 Å². The minimum atomic E-state index is -0.647. The van der Waals surface area contributed by atoms with Crippen molar-refractivity contribution in [3.63, 3.8) is 0 Å². The molecule has 0 aliphatic heterocycles. The van der Waals surface area contributed by atoms with Crippen LogP contribution in [0.2, 0.25) is 0 Å². The number of hydrogen-bond acceptors (Lipinski definition) is 6. The van der Waals surface area contributed by atoms with Gasteiger partial charge in [-0.1, -0.05) is 31.3 Å². The average Bonchev–Trinajstić information content (AvgIpc) is 3.27. The van der Waals surface area contributed by atoms with Crippen LogP contribution in [0, 0.1) is 5.92 Å². The number of thiazole rings is 1. The summed E-state index contributed by atoms with van der Waals surface area (Å²) >= 11 is 2.71. The Balaban J connectivity index is 1.74. The highest BCUT2D eigenvalue weighted by Gasteiger charge is 2.26. The third-order valence-corrected chi connectivity index (χ3v) is 5.61. The van der Waals surface area contributed by atoms with Crippen LogP contribution in [0.15, 0.2) is 35.7 Å². The van der Waals surface area contributed by atoms with Crippen molar-refractivity contribution in [2.24, 2.45) is 5.92 Å². The molecule has 8 heteroatoms. The molecule has 0 aliphatic rings. The van der Waals surface area contributed by atoms with Crippen LogP contribution in [0.5, 0.6) is 5.75 Å². The molecule has 0 spiro atoms. The molecular weight excluding hydrogens is 370 g/mol. The third-order valence-electron chi connectivity index (χ3n) is 3.81. The van der Waals surface area contributed by atoms with Crippen molar-refractivity contribution in [3.05, 3.63) is 40.6 Å². The van der Waals surface area contributed by atoms with E-state index in [1.54, 1.807) is 19.2 Å². The summed E-state index contributed by atoms with van der Waals surface area (Å²) < 4.78 is 6.13. The third kappa shape index (κ3) is 4.03. The van der Waals surface area contributed by atoms with Gasteiger partial charge in [-0.3, -0.25) is 9.59 Å². The fourth-order valence-electron chi connectivity index (χ4n) is 2.42. The fraction of sp³-hybridized carbons (Fsp3) is 0.278. The molecule has 136 valence electrons. The SMILES string of the molecule is COc1ccc2nc(NC(=O)[C@@H](NC(=O)c3cccs3)C(C)C)sc2c1. The van der Waals surface area contributed by atoms with Gasteiger partial charge in [0.25, 0.3) is 5.91 Å². The number of methoxy groups -OCH3 is 1. The van der Waals surface area contributed by atoms with Crippen LogP contribution in [0.3, 0.4) is 0 Å². The number of anilines is 1. The Bertz CT molecular complexity index is 919. The summed E-state index contributed by atoms with van der Waals surface area (Å²) in [6.45, 7) is 3.78. The lowest BCUT2D eigenvalue weighted by atomic mass is 10.0. The summed E-state index contributed by atoms with van der Waals surface area (Å²) in [5.74, 6) is 0.148. The Labute approximate surface area is 159 Å². The lowest BCUT2D eigenvalue weighted by Gasteiger charge is -2.20. The highest BCUT2D eigenvalue weighted by molar-refractivity contribution is 7.22. The molecule has 0 saturated heterocycles. The van der Waals surface area contributed by atoms with Crippen molar-refractivity contribution in [2.75, 3.05) is 12.4 Å². The molecule has 0 saturated carbocycles. The van der Waals surface area contributed by atoms with Gasteiger partial charge in [-0.15, -0.1) is 11.3 Å². The average molecular weight is 390 g/mol. The monoisotopic (exact) mass is 389 g/mol. The zero-order valence-electron chi connectivity index (χ0n) is 14.6. The van der Waals surface area contributed by atoms with Crippen molar-refractivity contribution in [1.29, 1.82) is 0 Å². The van der Waals surface area contributed by atoms with Crippen LogP contribution >= 0.6 is 22.7 Å². The van der Waals surface area contributed by atoms with Gasteiger partial charge in [0, 0.05) is 0 Å². The summed E-state index contributed by atoms with van der Waals surface area (Å²) in [5.41, 5.74) is 0.787. The molecule has 0 fully saturated rings. The zero-order chi connectivity index (χ0) is 18.7. The number of aromatic nitrogens is 1. The van der Waals surface area contributed by atoms with E-state index in [1.165, 1.54) is 22.7 Å². The molecule has 6 nitrogen and oxygen atoms in total. The Morgan fingerprint density at radius 1 is 1.23 bits per heavy atom. The molecule has 2 amide bonds. The molecule has 1 atom stereocenters. The van der Waals surface area contributed by atoms with Gasteiger partial charge in [0.1, 0.15) is 11.8 Å². The van der Waals surface area contributed by atoms with E-state index in [4.69, 9.17) is 4.74 Å². The van der Waals surface area contributed by atoms with Crippen LogP contribution in [0.1, 0.15) is 23.5 Å². The number of carbonyl (C=O) groups is 2. The van der Waals surface area contributed by atoms with Gasteiger partial charge in [-0.25, -0.2) is 4.98 Å². The van der Waals surface area contributed by atoms with Crippen LogP contribution < -0.4 is 15.4 Å². The van der Waals surface area contributed by atoms with Crippen molar-refractivity contribution < 1.29 is 14.3 Å². The molecule has 0 radical (unpaired) electrons. The number of nitrogens with zero attached hydrogens (tertiary/aromatic N) is 1. The maximum Gasteiger partial charge on any atom is 0.262 e. The molecule has 1 aromatic carbocycles. The Hall–Kier alpha value is -2.45. The number of nitrogens with one attached hydrogen (secondary N) is 2. The highest BCUT2D eigenvalue weighted by atomic mass is 32.1. The molecule has 3 aromatic rings. The van der Waals surface area contributed by atoms with Gasteiger partial charge < -0.3 is 15.4 Å². The first kappa shape index (κ1) is 18.3. The van der Waals surface area contributed by atoms with Gasteiger partial charge in [-0.2, -0.15) is 0 Å². The lowest BCUT2D eigenvalue weighted by Crippen LogP contribution is -2.46. The number of thiophene rings is 1. The molecule has 2 aromatic heterocycles. The minimum absolute atomic E-state index is 0.0617. The first-order valence-electron chi connectivity index (χ1n) is 8.07. The number of amides is 2. The summed E-state index contributed by atoms with van der Waals surface area (Å²) in [4.78, 5) is 30.0. The Morgan fingerprint density at radius 3 is 2.69 bits per heavy atom. The molecule has 2 N–H and O–H groups in total. The number of ether oxygens (including phenoxy) is 1. The lowest BCUT2D eigenvalue weighted by molar-refractivity contribution is -0.118. The van der Waals surface area contributed by atoms with E-state index in [1.807, 2.05) is 37.4 Å². The molecular formula is C18H19N3O3S2. The van der Waals surface area contributed by atoms with E-state index in [0.29, 0.717) is 10.0 Å². The fourth-order valence-corrected chi connectivity index (χ4v) is 3.95. The van der Waals surface area contributed by atoms with Gasteiger partial charge >= 0.3 is 0 Å². The van der Waals surface area contributed by atoms with Gasteiger partial charge in [0.15, 0.2) is 5.13 Å². The van der Waals surface area contributed by atoms with Crippen LogP contribution in [0.25, 0.3) is 10.2 Å². The molecule has 0 aliphatic carbocycles. The normalized spacial score (nSPS) is 12.2. The second kappa shape index (κ2) is 7.84. The van der Waals surface area contributed by atoms with E-state index in [2.05, 4.69) is 15.6 Å². The first-order chi connectivity index (χ1) is 12.5. The Morgan fingerprint density at radius 2 is 2.04 bits per heavy atom. The minimum Gasteiger partial charge on any atom is -0.497 e. The van der Waals surface area contributed by atoms with E-state index >= 15 is 0 Å². The van der Waals surface area contributed by atoms with Crippen molar-refractivity contribution >= 4 is 49.8 Å². The molecule has 0 unspecified atom stereocenters. The van der Waals surface area contributed by atoms with E-state index < -0.39 is 6.04 Å².